The van der Waals surface area contributed by atoms with E-state index < -0.39 is 10.0 Å². The van der Waals surface area contributed by atoms with Gasteiger partial charge in [0, 0.05) is 22.4 Å². The van der Waals surface area contributed by atoms with Gasteiger partial charge in [-0.1, -0.05) is 6.92 Å². The van der Waals surface area contributed by atoms with Crippen LogP contribution in [-0.4, -0.2) is 33.0 Å². The number of thiophene rings is 1. The Morgan fingerprint density at radius 1 is 1.24 bits per heavy atom. The van der Waals surface area contributed by atoms with Crippen LogP contribution in [0.5, 0.6) is 5.75 Å². The Bertz CT molecular complexity index is 1200. The molecule has 1 amide bonds. The predicted molar refractivity (Wildman–Crippen MR) is 116 cm³/mol. The number of aryl methyl sites for hydroxylation is 2. The Labute approximate surface area is 177 Å². The highest BCUT2D eigenvalue weighted by molar-refractivity contribution is 7.94. The van der Waals surface area contributed by atoms with E-state index in [1.165, 1.54) is 22.7 Å². The number of amides is 1. The molecule has 0 spiro atoms. The molecule has 152 valence electrons. The van der Waals surface area contributed by atoms with E-state index in [-0.39, 0.29) is 16.7 Å². The molecule has 1 N–H and O–H groups in total. The summed E-state index contributed by atoms with van der Waals surface area (Å²) >= 11 is 2.53. The van der Waals surface area contributed by atoms with E-state index in [0.29, 0.717) is 22.3 Å². The molecule has 0 aliphatic carbocycles. The van der Waals surface area contributed by atoms with Crippen molar-refractivity contribution in [1.29, 1.82) is 0 Å². The van der Waals surface area contributed by atoms with Gasteiger partial charge in [-0.15, -0.1) is 22.7 Å². The maximum absolute atomic E-state index is 12.7. The van der Waals surface area contributed by atoms with Crippen LogP contribution in [0.3, 0.4) is 0 Å². The van der Waals surface area contributed by atoms with Crippen LogP contribution in [0, 0.1) is 6.92 Å². The molecule has 1 aliphatic rings. The van der Waals surface area contributed by atoms with Gasteiger partial charge in [0.25, 0.3) is 15.9 Å². The number of carbonyl (C=O) groups excluding carboxylic acids is 1. The third kappa shape index (κ3) is 3.75. The third-order valence-electron chi connectivity index (χ3n) is 4.59. The van der Waals surface area contributed by atoms with Crippen molar-refractivity contribution in [2.45, 2.75) is 24.5 Å². The molecule has 0 bridgehead atoms. The lowest BCUT2D eigenvalue weighted by Crippen LogP contribution is -2.35. The number of nitrogens with zero attached hydrogens (tertiary/aromatic N) is 2. The first kappa shape index (κ1) is 19.9. The molecule has 7 nitrogen and oxygen atoms in total. The van der Waals surface area contributed by atoms with Crippen LogP contribution >= 0.6 is 22.7 Å². The number of carbonyl (C=O) groups is 1. The minimum atomic E-state index is -3.68. The lowest BCUT2D eigenvalue weighted by Gasteiger charge is -2.26. The number of ether oxygens (including phenoxy) is 1. The molecular weight excluding hydrogens is 430 g/mol. The molecule has 10 heteroatoms. The molecule has 0 unspecified atom stereocenters. The molecule has 3 aromatic rings. The Hall–Kier alpha value is -2.43. The molecule has 4 rings (SSSR count). The number of anilines is 2. The summed E-state index contributed by atoms with van der Waals surface area (Å²) in [6, 6.07) is 8.93. The average Bonchev–Trinajstić information content (AvgIpc) is 3.31. The van der Waals surface area contributed by atoms with Gasteiger partial charge in [0.15, 0.2) is 11.7 Å². The summed E-state index contributed by atoms with van der Waals surface area (Å²) < 4.78 is 33.6. The lowest BCUT2D eigenvalue weighted by molar-refractivity contribution is -0.120. The van der Waals surface area contributed by atoms with Crippen molar-refractivity contribution >= 4 is 49.4 Å². The SMILES string of the molecule is CCc1ccc(S(=O)(=O)Nc2nc(-c3ccc4c(c3)N(C)C(=O)CO4)c(C)s2)s1. The van der Waals surface area contributed by atoms with Crippen LogP contribution in [0.25, 0.3) is 11.3 Å². The largest absolute Gasteiger partial charge is 0.482 e. The number of nitrogens with one attached hydrogen (secondary N) is 1. The number of fused-ring (bicyclic) bond motifs is 1. The van der Waals surface area contributed by atoms with Gasteiger partial charge in [-0.2, -0.15) is 0 Å². The van der Waals surface area contributed by atoms with Crippen molar-refractivity contribution in [3.63, 3.8) is 0 Å². The van der Waals surface area contributed by atoms with E-state index in [1.807, 2.05) is 32.0 Å². The van der Waals surface area contributed by atoms with Gasteiger partial charge in [0.2, 0.25) is 0 Å². The number of thiazole rings is 1. The van der Waals surface area contributed by atoms with Crippen molar-refractivity contribution in [3.05, 3.63) is 40.1 Å². The highest BCUT2D eigenvalue weighted by atomic mass is 32.2. The minimum absolute atomic E-state index is 0.0208. The van der Waals surface area contributed by atoms with Crippen molar-refractivity contribution in [3.8, 4) is 17.0 Å². The number of hydrogen-bond acceptors (Lipinski definition) is 7. The second-order valence-electron chi connectivity index (χ2n) is 6.53. The average molecular weight is 450 g/mol. The molecule has 0 saturated heterocycles. The fourth-order valence-corrected chi connectivity index (χ4v) is 6.35. The second kappa shape index (κ2) is 7.43. The standard InChI is InChI=1S/C19H19N3O4S3/c1-4-13-6-8-17(28-13)29(24,25)21-19-20-18(11(2)27-19)12-5-7-15-14(9-12)22(3)16(23)10-26-15/h5-9H,4,10H2,1-3H3,(H,20,21). The lowest BCUT2D eigenvalue weighted by atomic mass is 10.1. The zero-order valence-corrected chi connectivity index (χ0v) is 18.5. The normalized spacial score (nSPS) is 13.9. The summed E-state index contributed by atoms with van der Waals surface area (Å²) in [6.45, 7) is 3.89. The topological polar surface area (TPSA) is 88.6 Å². The van der Waals surface area contributed by atoms with Crippen LogP contribution < -0.4 is 14.4 Å². The number of aromatic nitrogens is 1. The molecule has 2 aromatic heterocycles. The fourth-order valence-electron chi connectivity index (χ4n) is 2.99. The van der Waals surface area contributed by atoms with Crippen LogP contribution in [0.2, 0.25) is 0 Å². The number of sulfonamides is 1. The summed E-state index contributed by atoms with van der Waals surface area (Å²) in [7, 11) is -1.97. The molecule has 0 fully saturated rings. The summed E-state index contributed by atoms with van der Waals surface area (Å²) in [4.78, 5) is 19.8. The smallest absolute Gasteiger partial charge is 0.273 e. The van der Waals surface area contributed by atoms with Gasteiger partial charge in [0.1, 0.15) is 9.96 Å². The molecule has 29 heavy (non-hydrogen) atoms. The van der Waals surface area contributed by atoms with E-state index in [2.05, 4.69) is 9.71 Å². The van der Waals surface area contributed by atoms with Crippen molar-refractivity contribution < 1.29 is 17.9 Å². The fraction of sp³-hybridized carbons (Fsp3) is 0.263. The highest BCUT2D eigenvalue weighted by Crippen LogP contribution is 2.38. The third-order valence-corrected chi connectivity index (χ3v) is 8.66. The van der Waals surface area contributed by atoms with E-state index in [0.717, 1.165) is 21.7 Å². The van der Waals surface area contributed by atoms with Crippen LogP contribution in [0.4, 0.5) is 10.8 Å². The molecule has 1 aliphatic heterocycles. The minimum Gasteiger partial charge on any atom is -0.482 e. The van der Waals surface area contributed by atoms with Crippen molar-refractivity contribution in [2.24, 2.45) is 0 Å². The van der Waals surface area contributed by atoms with Gasteiger partial charge in [-0.05, 0) is 43.7 Å². The molecule has 0 saturated carbocycles. The molecule has 1 aromatic carbocycles. The quantitative estimate of drug-likeness (QED) is 0.638. The summed E-state index contributed by atoms with van der Waals surface area (Å²) in [6.07, 6.45) is 0.791. The van der Waals surface area contributed by atoms with E-state index in [4.69, 9.17) is 4.74 Å². The van der Waals surface area contributed by atoms with Crippen molar-refractivity contribution in [2.75, 3.05) is 23.3 Å². The van der Waals surface area contributed by atoms with Gasteiger partial charge in [0.05, 0.1) is 11.4 Å². The summed E-state index contributed by atoms with van der Waals surface area (Å²) in [5.41, 5.74) is 2.12. The van der Waals surface area contributed by atoms with Crippen LogP contribution in [0.15, 0.2) is 34.5 Å². The van der Waals surface area contributed by atoms with Gasteiger partial charge >= 0.3 is 0 Å². The zero-order valence-electron chi connectivity index (χ0n) is 16.1. The number of likely N-dealkylation sites (N-methyl/N-ethyl adjacent to an activating group) is 1. The number of hydrogen-bond donors (Lipinski definition) is 1. The first-order valence-electron chi connectivity index (χ1n) is 8.91. The van der Waals surface area contributed by atoms with Crippen molar-refractivity contribution in [1.82, 2.24) is 4.98 Å². The molecule has 0 radical (unpaired) electrons. The summed E-state index contributed by atoms with van der Waals surface area (Å²) in [5.74, 6) is 0.509. The Balaban J connectivity index is 1.64. The Kier molecular flexibility index (Phi) is 5.09. The van der Waals surface area contributed by atoms with Gasteiger partial charge in [-0.3, -0.25) is 9.52 Å². The van der Waals surface area contributed by atoms with E-state index in [1.54, 1.807) is 24.1 Å². The number of rotatable bonds is 5. The first-order valence-corrected chi connectivity index (χ1v) is 12.0. The predicted octanol–water partition coefficient (Wildman–Crippen LogP) is 3.90. The van der Waals surface area contributed by atoms with Gasteiger partial charge in [-0.25, -0.2) is 13.4 Å². The molecular formula is C19H19N3O4S3. The maximum atomic E-state index is 12.7. The first-order chi connectivity index (χ1) is 13.8. The van der Waals surface area contributed by atoms with Crippen LogP contribution in [0.1, 0.15) is 16.7 Å². The summed E-state index contributed by atoms with van der Waals surface area (Å²) in [5, 5.41) is 0.308. The zero-order chi connectivity index (χ0) is 20.8. The molecule has 0 atom stereocenters. The van der Waals surface area contributed by atoms with Crippen LogP contribution in [-0.2, 0) is 21.2 Å². The van der Waals surface area contributed by atoms with E-state index in [9.17, 15) is 13.2 Å². The molecule has 3 heterocycles. The highest BCUT2D eigenvalue weighted by Gasteiger charge is 2.24. The Morgan fingerprint density at radius 3 is 2.76 bits per heavy atom. The second-order valence-corrected chi connectivity index (χ2v) is 10.8. The van der Waals surface area contributed by atoms with Gasteiger partial charge < -0.3 is 9.64 Å². The monoisotopic (exact) mass is 449 g/mol. The Morgan fingerprint density at radius 2 is 2.03 bits per heavy atom. The number of benzene rings is 1. The maximum Gasteiger partial charge on any atom is 0.273 e. The van der Waals surface area contributed by atoms with E-state index >= 15 is 0 Å².